The number of aryl methyl sites for hydroxylation is 1. The van der Waals surface area contributed by atoms with E-state index in [4.69, 9.17) is 4.74 Å². The number of fused-ring (bicyclic) bond motifs is 1. The van der Waals surface area contributed by atoms with E-state index in [0.717, 1.165) is 40.4 Å². The summed E-state index contributed by atoms with van der Waals surface area (Å²) in [6.07, 6.45) is 1.64. The lowest BCUT2D eigenvalue weighted by molar-refractivity contribution is 0.415. The third-order valence-corrected chi connectivity index (χ3v) is 5.08. The summed E-state index contributed by atoms with van der Waals surface area (Å²) in [4.78, 5) is 9.12. The summed E-state index contributed by atoms with van der Waals surface area (Å²) in [5.74, 6) is 1.70. The third kappa shape index (κ3) is 3.81. The van der Waals surface area contributed by atoms with Gasteiger partial charge < -0.3 is 14.6 Å². The van der Waals surface area contributed by atoms with E-state index in [1.165, 1.54) is 11.1 Å². The molecule has 0 bridgehead atoms. The molecule has 4 aromatic rings. The van der Waals surface area contributed by atoms with Crippen LogP contribution in [-0.4, -0.2) is 21.6 Å². The Balaban J connectivity index is 1.75. The molecular formula is C24H26N4O. The molecule has 0 unspecified atom stereocenters. The van der Waals surface area contributed by atoms with Gasteiger partial charge in [0.05, 0.1) is 18.2 Å². The second-order valence-corrected chi connectivity index (χ2v) is 7.52. The van der Waals surface area contributed by atoms with E-state index in [-0.39, 0.29) is 6.04 Å². The van der Waals surface area contributed by atoms with Gasteiger partial charge in [-0.25, -0.2) is 9.97 Å². The number of hydrogen-bond donors (Lipinski definition) is 1. The molecule has 5 nitrogen and oxygen atoms in total. The van der Waals surface area contributed by atoms with Crippen LogP contribution in [0.3, 0.4) is 0 Å². The van der Waals surface area contributed by atoms with Gasteiger partial charge >= 0.3 is 0 Å². The second-order valence-electron chi connectivity index (χ2n) is 7.52. The lowest BCUT2D eigenvalue weighted by atomic mass is 10.1. The molecular weight excluding hydrogens is 360 g/mol. The van der Waals surface area contributed by atoms with Gasteiger partial charge in [0.25, 0.3) is 0 Å². The minimum Gasteiger partial charge on any atom is -0.497 e. The van der Waals surface area contributed by atoms with Crippen molar-refractivity contribution in [2.24, 2.45) is 0 Å². The van der Waals surface area contributed by atoms with E-state index >= 15 is 0 Å². The molecule has 2 aromatic carbocycles. The van der Waals surface area contributed by atoms with Crippen molar-refractivity contribution in [3.63, 3.8) is 0 Å². The molecule has 0 atom stereocenters. The van der Waals surface area contributed by atoms with Gasteiger partial charge in [-0.2, -0.15) is 0 Å². The van der Waals surface area contributed by atoms with Crippen molar-refractivity contribution in [1.82, 2.24) is 14.5 Å². The van der Waals surface area contributed by atoms with E-state index in [0.29, 0.717) is 0 Å². The third-order valence-electron chi connectivity index (χ3n) is 5.08. The van der Waals surface area contributed by atoms with Crippen LogP contribution in [0.1, 0.15) is 31.0 Å². The molecule has 0 aliphatic carbocycles. The van der Waals surface area contributed by atoms with Crippen molar-refractivity contribution in [1.29, 1.82) is 0 Å². The molecule has 148 valence electrons. The van der Waals surface area contributed by atoms with Crippen LogP contribution < -0.4 is 10.1 Å². The summed E-state index contributed by atoms with van der Waals surface area (Å²) < 4.78 is 7.56. The van der Waals surface area contributed by atoms with Crippen LogP contribution in [0.5, 0.6) is 5.75 Å². The first kappa shape index (κ1) is 19.0. The highest BCUT2D eigenvalue weighted by molar-refractivity contribution is 5.92. The van der Waals surface area contributed by atoms with Gasteiger partial charge in [0.2, 0.25) is 0 Å². The zero-order chi connectivity index (χ0) is 20.4. The van der Waals surface area contributed by atoms with Gasteiger partial charge in [-0.15, -0.1) is 0 Å². The quantitative estimate of drug-likeness (QED) is 0.468. The maximum absolute atomic E-state index is 5.30. The van der Waals surface area contributed by atoms with E-state index in [1.54, 1.807) is 13.4 Å². The lowest BCUT2D eigenvalue weighted by Gasteiger charge is -2.14. The molecule has 0 saturated carbocycles. The van der Waals surface area contributed by atoms with E-state index in [9.17, 15) is 0 Å². The number of nitrogens with zero attached hydrogens (tertiary/aromatic N) is 3. The zero-order valence-corrected chi connectivity index (χ0v) is 17.3. The average molecular weight is 386 g/mol. The first-order valence-electron chi connectivity index (χ1n) is 9.86. The smallest absolute Gasteiger partial charge is 0.146 e. The fourth-order valence-corrected chi connectivity index (χ4v) is 3.69. The monoisotopic (exact) mass is 386 g/mol. The molecule has 1 N–H and O–H groups in total. The molecule has 2 aromatic heterocycles. The standard InChI is InChI=1S/C24H26N4O/c1-16(2)28-22(19-8-10-20(29-4)11-9-19)13-21-23(26-15-27-24(21)28)25-14-18-7-5-6-17(3)12-18/h5-13,15-16H,14H2,1-4H3,(H,25,26,27). The molecule has 0 aliphatic rings. The zero-order valence-electron chi connectivity index (χ0n) is 17.3. The molecule has 0 fully saturated rings. The highest BCUT2D eigenvalue weighted by Gasteiger charge is 2.17. The Morgan fingerprint density at radius 2 is 1.83 bits per heavy atom. The Labute approximate surface area is 171 Å². The summed E-state index contributed by atoms with van der Waals surface area (Å²) in [6, 6.07) is 19.1. The summed E-state index contributed by atoms with van der Waals surface area (Å²) in [5, 5.41) is 4.52. The summed E-state index contributed by atoms with van der Waals surface area (Å²) >= 11 is 0. The van der Waals surface area contributed by atoms with Crippen molar-refractivity contribution >= 4 is 16.9 Å². The second kappa shape index (κ2) is 7.95. The van der Waals surface area contributed by atoms with Crippen LogP contribution in [0.2, 0.25) is 0 Å². The lowest BCUT2D eigenvalue weighted by Crippen LogP contribution is -2.05. The molecule has 0 radical (unpaired) electrons. The summed E-state index contributed by atoms with van der Waals surface area (Å²) in [7, 11) is 1.68. The van der Waals surface area contributed by atoms with Gasteiger partial charge in [0, 0.05) is 12.6 Å². The van der Waals surface area contributed by atoms with Gasteiger partial charge in [0.1, 0.15) is 23.5 Å². The minimum absolute atomic E-state index is 0.268. The molecule has 0 saturated heterocycles. The Kier molecular flexibility index (Phi) is 5.21. The van der Waals surface area contributed by atoms with Crippen molar-refractivity contribution in [2.75, 3.05) is 12.4 Å². The largest absolute Gasteiger partial charge is 0.497 e. The number of rotatable bonds is 6. The van der Waals surface area contributed by atoms with Gasteiger partial charge in [-0.1, -0.05) is 29.8 Å². The number of nitrogens with one attached hydrogen (secondary N) is 1. The van der Waals surface area contributed by atoms with E-state index in [2.05, 4.69) is 83.1 Å². The van der Waals surface area contributed by atoms with Crippen molar-refractivity contribution in [3.05, 3.63) is 72.1 Å². The van der Waals surface area contributed by atoms with Crippen molar-refractivity contribution in [3.8, 4) is 17.0 Å². The molecule has 2 heterocycles. The fraction of sp³-hybridized carbons (Fsp3) is 0.250. The topological polar surface area (TPSA) is 52.0 Å². The predicted molar refractivity (Wildman–Crippen MR) is 118 cm³/mol. The van der Waals surface area contributed by atoms with Gasteiger partial charge in [-0.05, 0) is 62.2 Å². The Hall–Kier alpha value is -3.34. The first-order valence-corrected chi connectivity index (χ1v) is 9.86. The molecule has 0 aliphatic heterocycles. The van der Waals surface area contributed by atoms with Crippen LogP contribution in [0.15, 0.2) is 60.9 Å². The molecule has 0 spiro atoms. The molecule has 4 rings (SSSR count). The van der Waals surface area contributed by atoms with Gasteiger partial charge in [-0.3, -0.25) is 0 Å². The number of aromatic nitrogens is 3. The molecule has 5 heteroatoms. The number of ether oxygens (including phenoxy) is 1. The summed E-state index contributed by atoms with van der Waals surface area (Å²) in [6.45, 7) is 7.18. The van der Waals surface area contributed by atoms with Crippen molar-refractivity contribution in [2.45, 2.75) is 33.4 Å². The first-order chi connectivity index (χ1) is 14.1. The Morgan fingerprint density at radius 1 is 1.03 bits per heavy atom. The number of anilines is 1. The predicted octanol–water partition coefficient (Wildman–Crippen LogP) is 5.61. The van der Waals surface area contributed by atoms with Crippen LogP contribution >= 0.6 is 0 Å². The highest BCUT2D eigenvalue weighted by Crippen LogP contribution is 2.33. The average Bonchev–Trinajstić information content (AvgIpc) is 3.13. The maximum atomic E-state index is 5.30. The number of methoxy groups -OCH3 is 1. The number of hydrogen-bond acceptors (Lipinski definition) is 4. The Morgan fingerprint density at radius 3 is 2.52 bits per heavy atom. The van der Waals surface area contributed by atoms with E-state index in [1.807, 2.05) is 12.1 Å². The fourth-order valence-electron chi connectivity index (χ4n) is 3.69. The highest BCUT2D eigenvalue weighted by atomic mass is 16.5. The van der Waals surface area contributed by atoms with Crippen LogP contribution in [0.4, 0.5) is 5.82 Å². The van der Waals surface area contributed by atoms with Gasteiger partial charge in [0.15, 0.2) is 0 Å². The normalized spacial score (nSPS) is 11.2. The Bertz CT molecular complexity index is 1130. The molecule has 0 amide bonds. The maximum Gasteiger partial charge on any atom is 0.146 e. The summed E-state index contributed by atoms with van der Waals surface area (Å²) in [5.41, 5.74) is 5.67. The van der Waals surface area contributed by atoms with Crippen LogP contribution in [0, 0.1) is 6.92 Å². The van der Waals surface area contributed by atoms with Crippen molar-refractivity contribution < 1.29 is 4.74 Å². The SMILES string of the molecule is COc1ccc(-c2cc3c(NCc4cccc(C)c4)ncnc3n2C(C)C)cc1. The van der Waals surface area contributed by atoms with E-state index < -0.39 is 0 Å². The minimum atomic E-state index is 0.268. The number of benzene rings is 2. The molecule has 29 heavy (non-hydrogen) atoms. The van der Waals surface area contributed by atoms with Crippen LogP contribution in [0.25, 0.3) is 22.3 Å². The van der Waals surface area contributed by atoms with Crippen LogP contribution in [-0.2, 0) is 6.54 Å².